The molecule has 0 spiro atoms. The largest absolute Gasteiger partial charge is 0.369 e. The minimum absolute atomic E-state index is 0.761. The van der Waals surface area contributed by atoms with Crippen molar-refractivity contribution >= 4 is 16.9 Å². The van der Waals surface area contributed by atoms with Crippen LogP contribution >= 0.6 is 0 Å². The van der Waals surface area contributed by atoms with Crippen LogP contribution in [0.1, 0.15) is 27.7 Å². The van der Waals surface area contributed by atoms with E-state index in [1.165, 1.54) is 5.69 Å². The predicted octanol–water partition coefficient (Wildman–Crippen LogP) is 4.11. The van der Waals surface area contributed by atoms with Crippen LogP contribution in [0, 0.1) is 0 Å². The fourth-order valence-electron chi connectivity index (χ4n) is 3.79. The van der Waals surface area contributed by atoms with E-state index in [-0.39, 0.29) is 0 Å². The summed E-state index contributed by atoms with van der Waals surface area (Å²) in [6.07, 6.45) is 1.78. The van der Waals surface area contributed by atoms with E-state index in [0.29, 0.717) is 0 Å². The van der Waals surface area contributed by atoms with Crippen molar-refractivity contribution in [1.82, 2.24) is 24.8 Å². The Morgan fingerprint density at radius 2 is 1.37 bits per heavy atom. The van der Waals surface area contributed by atoms with E-state index in [2.05, 4.69) is 81.6 Å². The van der Waals surface area contributed by atoms with Crippen LogP contribution in [0.5, 0.6) is 0 Å². The molecule has 3 aromatic rings. The number of rotatable bonds is 12. The Kier molecular flexibility index (Phi) is 8.22. The third-order valence-electron chi connectivity index (χ3n) is 5.92. The van der Waals surface area contributed by atoms with Gasteiger partial charge in [-0.2, -0.15) is 0 Å². The van der Waals surface area contributed by atoms with Gasteiger partial charge in [-0.25, -0.2) is 9.97 Å². The van der Waals surface area contributed by atoms with Gasteiger partial charge in [0.05, 0.1) is 5.52 Å². The van der Waals surface area contributed by atoms with Crippen LogP contribution in [0.25, 0.3) is 22.6 Å². The molecule has 6 heteroatoms. The van der Waals surface area contributed by atoms with E-state index in [1.807, 2.05) is 12.1 Å². The number of benzene rings is 1. The number of pyridine rings is 1. The summed E-state index contributed by atoms with van der Waals surface area (Å²) in [6, 6.07) is 12.7. The molecule has 3 rings (SSSR count). The lowest BCUT2D eigenvalue weighted by Crippen LogP contribution is -2.39. The second kappa shape index (κ2) is 11.1. The summed E-state index contributed by atoms with van der Waals surface area (Å²) in [6.45, 7) is 17.6. The van der Waals surface area contributed by atoms with Crippen LogP contribution in [0.2, 0.25) is 0 Å². The Morgan fingerprint density at radius 1 is 0.767 bits per heavy atom. The fraction of sp³-hybridized carbons (Fsp3) is 0.500. The third kappa shape index (κ3) is 5.58. The molecule has 0 fully saturated rings. The number of hydrogen-bond donors (Lipinski definition) is 1. The predicted molar refractivity (Wildman–Crippen MR) is 127 cm³/mol. The molecule has 1 aromatic carbocycles. The van der Waals surface area contributed by atoms with Crippen LogP contribution in [0.3, 0.4) is 0 Å². The second-order valence-corrected chi connectivity index (χ2v) is 7.55. The molecular weight excluding hydrogens is 372 g/mol. The normalized spacial score (nSPS) is 11.7. The van der Waals surface area contributed by atoms with Crippen molar-refractivity contribution in [3.05, 3.63) is 42.6 Å². The molecule has 0 saturated carbocycles. The Labute approximate surface area is 180 Å². The van der Waals surface area contributed by atoms with Crippen molar-refractivity contribution in [3.8, 4) is 11.4 Å². The van der Waals surface area contributed by atoms with Crippen molar-refractivity contribution in [2.45, 2.75) is 27.7 Å². The number of aromatic nitrogens is 3. The van der Waals surface area contributed by atoms with E-state index >= 15 is 0 Å². The summed E-state index contributed by atoms with van der Waals surface area (Å²) >= 11 is 0. The SMILES string of the molecule is CCN(CC)CCN(CCN(CC)CC)c1ccc(-c2nc3ncccc3[nH]2)cc1. The number of likely N-dealkylation sites (N-methyl/N-ethyl adjacent to an activating group) is 2. The number of hydrogen-bond acceptors (Lipinski definition) is 5. The van der Waals surface area contributed by atoms with Gasteiger partial charge in [0.2, 0.25) is 0 Å². The first-order valence-corrected chi connectivity index (χ1v) is 11.3. The van der Waals surface area contributed by atoms with E-state index in [4.69, 9.17) is 0 Å². The van der Waals surface area contributed by atoms with E-state index < -0.39 is 0 Å². The summed E-state index contributed by atoms with van der Waals surface area (Å²) in [5, 5.41) is 0. The Balaban J connectivity index is 1.75. The van der Waals surface area contributed by atoms with E-state index in [0.717, 1.165) is 74.9 Å². The summed E-state index contributed by atoms with van der Waals surface area (Å²) in [7, 11) is 0. The lowest BCUT2D eigenvalue weighted by Gasteiger charge is -2.30. The van der Waals surface area contributed by atoms with Crippen molar-refractivity contribution in [3.63, 3.8) is 0 Å². The van der Waals surface area contributed by atoms with Gasteiger partial charge in [0.15, 0.2) is 5.65 Å². The van der Waals surface area contributed by atoms with Gasteiger partial charge in [0, 0.05) is 43.6 Å². The van der Waals surface area contributed by atoms with Gasteiger partial charge in [-0.05, 0) is 62.6 Å². The third-order valence-corrected chi connectivity index (χ3v) is 5.92. The van der Waals surface area contributed by atoms with Gasteiger partial charge >= 0.3 is 0 Å². The summed E-state index contributed by atoms with van der Waals surface area (Å²) < 4.78 is 0. The van der Waals surface area contributed by atoms with Gasteiger partial charge in [-0.15, -0.1) is 0 Å². The molecule has 0 aliphatic heterocycles. The monoisotopic (exact) mass is 408 g/mol. The Morgan fingerprint density at radius 3 is 1.90 bits per heavy atom. The highest BCUT2D eigenvalue weighted by Gasteiger charge is 2.12. The number of aromatic amines is 1. The summed E-state index contributed by atoms with van der Waals surface area (Å²) in [5.41, 5.74) is 4.09. The highest BCUT2D eigenvalue weighted by Crippen LogP contribution is 2.23. The molecule has 2 heterocycles. The molecule has 2 aromatic heterocycles. The zero-order valence-electron chi connectivity index (χ0n) is 18.9. The number of H-pyrrole nitrogens is 1. The van der Waals surface area contributed by atoms with Crippen LogP contribution in [0.4, 0.5) is 5.69 Å². The highest BCUT2D eigenvalue weighted by atomic mass is 15.2. The number of anilines is 1. The van der Waals surface area contributed by atoms with Crippen molar-refractivity contribution < 1.29 is 0 Å². The molecule has 30 heavy (non-hydrogen) atoms. The number of fused-ring (bicyclic) bond motifs is 1. The molecular formula is C24H36N6. The summed E-state index contributed by atoms with van der Waals surface area (Å²) in [5.74, 6) is 0.869. The zero-order valence-corrected chi connectivity index (χ0v) is 18.9. The highest BCUT2D eigenvalue weighted by molar-refractivity contribution is 5.76. The summed E-state index contributed by atoms with van der Waals surface area (Å²) in [4.78, 5) is 19.8. The topological polar surface area (TPSA) is 51.3 Å². The first kappa shape index (κ1) is 22.2. The Bertz CT molecular complexity index is 831. The van der Waals surface area contributed by atoms with Gasteiger partial charge in [0.1, 0.15) is 5.82 Å². The van der Waals surface area contributed by atoms with Gasteiger partial charge in [0.25, 0.3) is 0 Å². The lowest BCUT2D eigenvalue weighted by atomic mass is 10.2. The second-order valence-electron chi connectivity index (χ2n) is 7.55. The number of imidazole rings is 1. The van der Waals surface area contributed by atoms with Crippen molar-refractivity contribution in [2.75, 3.05) is 57.3 Å². The standard InChI is InChI=1S/C24H36N6/c1-5-28(6-2)16-18-30(19-17-29(7-3)8-4)21-13-11-20(12-14-21)23-26-22-10-9-15-25-24(22)27-23/h9-15H,5-8,16-19H2,1-4H3,(H,25,26,27). The molecule has 6 nitrogen and oxygen atoms in total. The molecule has 0 aliphatic rings. The molecule has 0 amide bonds. The first-order chi connectivity index (χ1) is 14.7. The van der Waals surface area contributed by atoms with Gasteiger partial charge in [-0.3, -0.25) is 0 Å². The van der Waals surface area contributed by atoms with Crippen LogP contribution in [0.15, 0.2) is 42.6 Å². The quantitative estimate of drug-likeness (QED) is 0.489. The fourth-order valence-corrected chi connectivity index (χ4v) is 3.79. The molecule has 1 N–H and O–H groups in total. The molecule has 0 bridgehead atoms. The molecule has 0 aliphatic carbocycles. The number of nitrogens with one attached hydrogen (secondary N) is 1. The molecule has 0 saturated heterocycles. The first-order valence-electron chi connectivity index (χ1n) is 11.3. The lowest BCUT2D eigenvalue weighted by molar-refractivity contribution is 0.294. The Hall–Kier alpha value is -2.44. The smallest absolute Gasteiger partial charge is 0.178 e. The van der Waals surface area contributed by atoms with Gasteiger partial charge < -0.3 is 19.7 Å². The van der Waals surface area contributed by atoms with Crippen LogP contribution in [-0.4, -0.2) is 77.1 Å². The molecule has 0 radical (unpaired) electrons. The average molecular weight is 409 g/mol. The minimum atomic E-state index is 0.761. The maximum absolute atomic E-state index is 4.63. The molecule has 0 unspecified atom stereocenters. The van der Waals surface area contributed by atoms with Gasteiger partial charge in [-0.1, -0.05) is 27.7 Å². The van der Waals surface area contributed by atoms with E-state index in [1.54, 1.807) is 6.20 Å². The maximum Gasteiger partial charge on any atom is 0.178 e. The molecule has 0 atom stereocenters. The maximum atomic E-state index is 4.63. The zero-order chi connectivity index (χ0) is 21.3. The average Bonchev–Trinajstić information content (AvgIpc) is 3.23. The van der Waals surface area contributed by atoms with Crippen LogP contribution < -0.4 is 4.90 Å². The number of nitrogens with zero attached hydrogens (tertiary/aromatic N) is 5. The van der Waals surface area contributed by atoms with Crippen molar-refractivity contribution in [1.29, 1.82) is 0 Å². The molecule has 162 valence electrons. The van der Waals surface area contributed by atoms with Crippen LogP contribution in [-0.2, 0) is 0 Å². The van der Waals surface area contributed by atoms with Crippen molar-refractivity contribution in [2.24, 2.45) is 0 Å². The van der Waals surface area contributed by atoms with E-state index in [9.17, 15) is 0 Å². The minimum Gasteiger partial charge on any atom is -0.369 e.